The highest BCUT2D eigenvalue weighted by Crippen LogP contribution is 2.37. The zero-order valence-corrected chi connectivity index (χ0v) is 14.5. The molecule has 1 atom stereocenters. The standard InChI is InChI=1S/C21H18N2O4/c24-12-14-5-3-4-13(10-14)11-18(21(25)26)22-20-17-9-8-15-6-1-2-7-16(15)19(17)27-23-20/h1-7,10,12,18H,8-9,11H2,(H,22,23)(H,25,26)/t18-/m0/s1. The summed E-state index contributed by atoms with van der Waals surface area (Å²) in [4.78, 5) is 22.7. The summed E-state index contributed by atoms with van der Waals surface area (Å²) in [5.74, 6) is 0.185. The van der Waals surface area contributed by atoms with E-state index in [9.17, 15) is 14.7 Å². The molecule has 6 heteroatoms. The highest BCUT2D eigenvalue weighted by molar-refractivity contribution is 5.80. The number of aliphatic carboxylic acids is 1. The van der Waals surface area contributed by atoms with Crippen molar-refractivity contribution in [1.29, 1.82) is 0 Å². The van der Waals surface area contributed by atoms with Crippen molar-refractivity contribution in [3.8, 4) is 11.3 Å². The van der Waals surface area contributed by atoms with Crippen LogP contribution in [0.3, 0.4) is 0 Å². The molecule has 0 saturated carbocycles. The van der Waals surface area contributed by atoms with Crippen LogP contribution in [0.2, 0.25) is 0 Å². The number of hydrogen-bond donors (Lipinski definition) is 2. The number of rotatable bonds is 6. The summed E-state index contributed by atoms with van der Waals surface area (Å²) in [5, 5.41) is 16.7. The van der Waals surface area contributed by atoms with E-state index in [1.165, 1.54) is 5.56 Å². The van der Waals surface area contributed by atoms with Crippen molar-refractivity contribution in [2.24, 2.45) is 0 Å². The molecular weight excluding hydrogens is 344 g/mol. The van der Waals surface area contributed by atoms with Gasteiger partial charge in [-0.3, -0.25) is 4.79 Å². The molecule has 4 rings (SSSR count). The molecule has 3 aromatic rings. The predicted molar refractivity (Wildman–Crippen MR) is 99.9 cm³/mol. The number of nitrogens with zero attached hydrogens (tertiary/aromatic N) is 1. The lowest BCUT2D eigenvalue weighted by molar-refractivity contribution is -0.137. The molecule has 0 unspecified atom stereocenters. The maximum absolute atomic E-state index is 11.8. The number of carboxylic acids is 1. The SMILES string of the molecule is O=Cc1cccc(C[C@H](Nc2noc3c2CCc2ccccc2-3)C(=O)O)c1. The Morgan fingerprint density at radius 1 is 1.22 bits per heavy atom. The van der Waals surface area contributed by atoms with Crippen molar-refractivity contribution in [1.82, 2.24) is 5.16 Å². The largest absolute Gasteiger partial charge is 0.480 e. The van der Waals surface area contributed by atoms with Crippen LogP contribution >= 0.6 is 0 Å². The third-order valence-electron chi connectivity index (χ3n) is 4.83. The summed E-state index contributed by atoms with van der Waals surface area (Å²) >= 11 is 0. The Morgan fingerprint density at radius 3 is 2.89 bits per heavy atom. The lowest BCUT2D eigenvalue weighted by Gasteiger charge is -2.17. The smallest absolute Gasteiger partial charge is 0.326 e. The molecule has 0 aliphatic heterocycles. The zero-order valence-electron chi connectivity index (χ0n) is 14.5. The van der Waals surface area contributed by atoms with E-state index in [1.807, 2.05) is 18.2 Å². The highest BCUT2D eigenvalue weighted by atomic mass is 16.5. The first-order chi connectivity index (χ1) is 13.2. The summed E-state index contributed by atoms with van der Waals surface area (Å²) in [5.41, 5.74) is 4.40. The van der Waals surface area contributed by atoms with Gasteiger partial charge in [0.25, 0.3) is 0 Å². The molecule has 0 radical (unpaired) electrons. The van der Waals surface area contributed by atoms with Crippen LogP contribution in [0.1, 0.15) is 27.0 Å². The molecule has 27 heavy (non-hydrogen) atoms. The fourth-order valence-electron chi connectivity index (χ4n) is 3.48. The number of aldehydes is 1. The van der Waals surface area contributed by atoms with Crippen molar-refractivity contribution >= 4 is 18.1 Å². The highest BCUT2D eigenvalue weighted by Gasteiger charge is 2.27. The van der Waals surface area contributed by atoms with Gasteiger partial charge in [-0.25, -0.2) is 4.79 Å². The molecule has 1 aromatic heterocycles. The maximum atomic E-state index is 11.8. The number of carboxylic acid groups (broad SMARTS) is 1. The van der Waals surface area contributed by atoms with E-state index in [4.69, 9.17) is 4.52 Å². The Hall–Kier alpha value is -3.41. The number of carbonyl (C=O) groups excluding carboxylic acids is 1. The van der Waals surface area contributed by atoms with Crippen LogP contribution < -0.4 is 5.32 Å². The Morgan fingerprint density at radius 2 is 2.07 bits per heavy atom. The van der Waals surface area contributed by atoms with Crippen LogP contribution in [0.15, 0.2) is 53.1 Å². The van der Waals surface area contributed by atoms with Gasteiger partial charge in [0.1, 0.15) is 12.3 Å². The second kappa shape index (κ2) is 7.07. The van der Waals surface area contributed by atoms with Gasteiger partial charge in [-0.05, 0) is 30.0 Å². The molecule has 0 saturated heterocycles. The van der Waals surface area contributed by atoms with Gasteiger partial charge < -0.3 is 14.9 Å². The fraction of sp³-hybridized carbons (Fsp3) is 0.190. The topological polar surface area (TPSA) is 92.4 Å². The number of nitrogens with one attached hydrogen (secondary N) is 1. The normalized spacial score (nSPS) is 13.3. The first-order valence-electron chi connectivity index (χ1n) is 8.76. The summed E-state index contributed by atoms with van der Waals surface area (Å²) in [6.45, 7) is 0. The summed E-state index contributed by atoms with van der Waals surface area (Å²) < 4.78 is 5.53. The van der Waals surface area contributed by atoms with Gasteiger partial charge >= 0.3 is 5.97 Å². The van der Waals surface area contributed by atoms with E-state index >= 15 is 0 Å². The number of hydrogen-bond acceptors (Lipinski definition) is 5. The Labute approximate surface area is 155 Å². The van der Waals surface area contributed by atoms with E-state index in [0.29, 0.717) is 17.1 Å². The Balaban J connectivity index is 1.60. The van der Waals surface area contributed by atoms with E-state index in [0.717, 1.165) is 35.8 Å². The van der Waals surface area contributed by atoms with Gasteiger partial charge in [0.05, 0.1) is 0 Å². The van der Waals surface area contributed by atoms with Gasteiger partial charge in [-0.2, -0.15) is 0 Å². The molecule has 2 N–H and O–H groups in total. The van der Waals surface area contributed by atoms with Crippen LogP contribution in [0.25, 0.3) is 11.3 Å². The van der Waals surface area contributed by atoms with Gasteiger partial charge in [-0.1, -0.05) is 47.6 Å². The van der Waals surface area contributed by atoms with Crippen molar-refractivity contribution in [3.05, 3.63) is 70.8 Å². The molecule has 6 nitrogen and oxygen atoms in total. The van der Waals surface area contributed by atoms with Crippen LogP contribution in [-0.4, -0.2) is 28.6 Å². The number of anilines is 1. The molecule has 1 heterocycles. The van der Waals surface area contributed by atoms with Crippen LogP contribution in [-0.2, 0) is 24.1 Å². The maximum Gasteiger partial charge on any atom is 0.326 e. The minimum Gasteiger partial charge on any atom is -0.480 e. The average molecular weight is 362 g/mol. The summed E-state index contributed by atoms with van der Waals surface area (Å²) in [6.07, 6.45) is 2.58. The third kappa shape index (κ3) is 3.33. The molecule has 0 fully saturated rings. The van der Waals surface area contributed by atoms with E-state index in [-0.39, 0.29) is 6.42 Å². The quantitative estimate of drug-likeness (QED) is 0.653. The first-order valence-corrected chi connectivity index (χ1v) is 8.76. The second-order valence-corrected chi connectivity index (χ2v) is 6.60. The second-order valence-electron chi connectivity index (χ2n) is 6.60. The third-order valence-corrected chi connectivity index (χ3v) is 4.83. The monoisotopic (exact) mass is 362 g/mol. The van der Waals surface area contributed by atoms with Crippen molar-refractivity contribution in [3.63, 3.8) is 0 Å². The van der Waals surface area contributed by atoms with Crippen molar-refractivity contribution < 1.29 is 19.2 Å². The van der Waals surface area contributed by atoms with Crippen LogP contribution in [0.4, 0.5) is 5.82 Å². The van der Waals surface area contributed by atoms with Crippen LogP contribution in [0.5, 0.6) is 0 Å². The summed E-state index contributed by atoms with van der Waals surface area (Å²) in [7, 11) is 0. The van der Waals surface area contributed by atoms with Crippen LogP contribution in [0, 0.1) is 0 Å². The molecule has 2 aromatic carbocycles. The fourth-order valence-corrected chi connectivity index (χ4v) is 3.48. The first kappa shape index (κ1) is 17.0. The Kier molecular flexibility index (Phi) is 4.46. The molecule has 0 bridgehead atoms. The molecule has 0 spiro atoms. The van der Waals surface area contributed by atoms with E-state index < -0.39 is 12.0 Å². The number of aryl methyl sites for hydroxylation is 1. The molecular formula is C21H18N2O4. The summed E-state index contributed by atoms with van der Waals surface area (Å²) in [6, 6.07) is 14.0. The molecule has 0 amide bonds. The van der Waals surface area contributed by atoms with Crippen molar-refractivity contribution in [2.45, 2.75) is 25.3 Å². The number of fused-ring (bicyclic) bond motifs is 3. The van der Waals surface area contributed by atoms with E-state index in [1.54, 1.807) is 24.3 Å². The van der Waals surface area contributed by atoms with Gasteiger partial charge in [-0.15, -0.1) is 0 Å². The molecule has 1 aliphatic carbocycles. The predicted octanol–water partition coefficient (Wildman–Crippen LogP) is 3.36. The number of carbonyl (C=O) groups is 2. The van der Waals surface area contributed by atoms with Gasteiger partial charge in [0.2, 0.25) is 0 Å². The number of aromatic nitrogens is 1. The number of benzene rings is 2. The average Bonchev–Trinajstić information content (AvgIpc) is 3.11. The van der Waals surface area contributed by atoms with Gasteiger partial charge in [0.15, 0.2) is 11.6 Å². The van der Waals surface area contributed by atoms with Crippen molar-refractivity contribution in [2.75, 3.05) is 5.32 Å². The lowest BCUT2D eigenvalue weighted by atomic mass is 9.90. The Bertz CT molecular complexity index is 1010. The van der Waals surface area contributed by atoms with E-state index in [2.05, 4.69) is 16.5 Å². The zero-order chi connectivity index (χ0) is 18.8. The lowest BCUT2D eigenvalue weighted by Crippen LogP contribution is -2.32. The van der Waals surface area contributed by atoms with Gasteiger partial charge in [0, 0.05) is 23.1 Å². The molecule has 1 aliphatic rings. The molecule has 136 valence electrons. The minimum atomic E-state index is -0.987. The minimum absolute atomic E-state index is 0.231.